The molecule has 1 N–H and O–H groups in total. The summed E-state index contributed by atoms with van der Waals surface area (Å²) >= 11 is 0. The second-order valence-electron chi connectivity index (χ2n) is 6.75. The molecule has 1 saturated carbocycles. The highest BCUT2D eigenvalue weighted by atomic mass is 16.5. The number of aromatic nitrogens is 2. The van der Waals surface area contributed by atoms with Crippen molar-refractivity contribution < 1.29 is 14.4 Å². The molecule has 2 aliphatic rings. The van der Waals surface area contributed by atoms with E-state index in [1.165, 1.54) is 12.8 Å². The summed E-state index contributed by atoms with van der Waals surface area (Å²) in [6.07, 6.45) is 5.31. The smallest absolute Gasteiger partial charge is 0.320 e. The van der Waals surface area contributed by atoms with E-state index in [9.17, 15) is 9.90 Å². The molecule has 4 rings (SSSR count). The van der Waals surface area contributed by atoms with E-state index < -0.39 is 12.0 Å². The van der Waals surface area contributed by atoms with Crippen LogP contribution in [-0.4, -0.2) is 38.2 Å². The van der Waals surface area contributed by atoms with Gasteiger partial charge in [-0.15, -0.1) is 0 Å². The van der Waals surface area contributed by atoms with Gasteiger partial charge in [-0.2, -0.15) is 4.98 Å². The van der Waals surface area contributed by atoms with Gasteiger partial charge < -0.3 is 9.63 Å². The van der Waals surface area contributed by atoms with E-state index >= 15 is 0 Å². The molecule has 2 aromatic rings. The van der Waals surface area contributed by atoms with Crippen LogP contribution in [0.5, 0.6) is 0 Å². The molecule has 3 atom stereocenters. The van der Waals surface area contributed by atoms with Crippen molar-refractivity contribution in [3.8, 4) is 11.4 Å². The molecule has 1 aliphatic heterocycles. The Kier molecular flexibility index (Phi) is 4.06. The van der Waals surface area contributed by atoms with E-state index in [1.54, 1.807) is 0 Å². The normalized spacial score (nSPS) is 27.1. The highest BCUT2D eigenvalue weighted by Crippen LogP contribution is 2.40. The molecule has 2 heterocycles. The molecular weight excluding hydrogens is 306 g/mol. The molecule has 1 aliphatic carbocycles. The van der Waals surface area contributed by atoms with Gasteiger partial charge in [-0.05, 0) is 25.2 Å². The number of benzene rings is 1. The standard InChI is InChI=1S/C18H21N3O3/c22-18(23)15-10-13-8-4-5-9-14(13)21(15)11-16-19-17(20-24-16)12-6-2-1-3-7-12/h1-3,6-7,13-15H,4-5,8-11H2,(H,22,23)/t13-,14+,15-/m0/s1. The number of aliphatic carboxylic acids is 1. The Balaban J connectivity index is 1.55. The van der Waals surface area contributed by atoms with Crippen LogP contribution in [0.1, 0.15) is 38.0 Å². The van der Waals surface area contributed by atoms with Crippen LogP contribution in [-0.2, 0) is 11.3 Å². The Labute approximate surface area is 140 Å². The van der Waals surface area contributed by atoms with Crippen LogP contribution in [0.4, 0.5) is 0 Å². The van der Waals surface area contributed by atoms with Gasteiger partial charge in [0.2, 0.25) is 11.7 Å². The van der Waals surface area contributed by atoms with Crippen LogP contribution >= 0.6 is 0 Å². The van der Waals surface area contributed by atoms with Gasteiger partial charge in [0.25, 0.3) is 0 Å². The first kappa shape index (κ1) is 15.3. The average Bonchev–Trinajstić information content (AvgIpc) is 3.21. The molecule has 126 valence electrons. The summed E-state index contributed by atoms with van der Waals surface area (Å²) in [4.78, 5) is 18.2. The molecule has 0 radical (unpaired) electrons. The molecule has 0 amide bonds. The second-order valence-corrected chi connectivity index (χ2v) is 6.75. The Morgan fingerprint density at radius 2 is 2.04 bits per heavy atom. The number of likely N-dealkylation sites (tertiary alicyclic amines) is 1. The lowest BCUT2D eigenvalue weighted by Gasteiger charge is -2.31. The molecule has 0 bridgehead atoms. The van der Waals surface area contributed by atoms with Crippen LogP contribution in [0, 0.1) is 5.92 Å². The number of carboxylic acids is 1. The Hall–Kier alpha value is -2.21. The predicted molar refractivity (Wildman–Crippen MR) is 87.1 cm³/mol. The minimum atomic E-state index is -0.743. The molecule has 0 unspecified atom stereocenters. The fourth-order valence-corrected chi connectivity index (χ4v) is 4.20. The summed E-state index contributed by atoms with van der Waals surface area (Å²) < 4.78 is 5.39. The maximum Gasteiger partial charge on any atom is 0.320 e. The van der Waals surface area contributed by atoms with Crippen LogP contribution in [0.15, 0.2) is 34.9 Å². The fourth-order valence-electron chi connectivity index (χ4n) is 4.20. The minimum absolute atomic E-state index is 0.326. The first-order valence-corrected chi connectivity index (χ1v) is 8.59. The average molecular weight is 327 g/mol. The molecule has 1 aromatic heterocycles. The van der Waals surface area contributed by atoms with E-state index in [0.717, 1.165) is 24.8 Å². The van der Waals surface area contributed by atoms with E-state index in [1.807, 2.05) is 30.3 Å². The van der Waals surface area contributed by atoms with Crippen molar-refractivity contribution in [3.63, 3.8) is 0 Å². The summed E-state index contributed by atoms with van der Waals surface area (Å²) in [5, 5.41) is 13.6. The van der Waals surface area contributed by atoms with Crippen LogP contribution < -0.4 is 0 Å². The van der Waals surface area contributed by atoms with Gasteiger partial charge in [0.1, 0.15) is 6.04 Å². The minimum Gasteiger partial charge on any atom is -0.480 e. The van der Waals surface area contributed by atoms with Crippen LogP contribution in [0.2, 0.25) is 0 Å². The molecule has 6 nitrogen and oxygen atoms in total. The van der Waals surface area contributed by atoms with Gasteiger partial charge in [0, 0.05) is 11.6 Å². The van der Waals surface area contributed by atoms with Gasteiger partial charge in [0.05, 0.1) is 6.54 Å². The van der Waals surface area contributed by atoms with E-state index in [2.05, 4.69) is 15.0 Å². The molecule has 24 heavy (non-hydrogen) atoms. The number of nitrogens with zero attached hydrogens (tertiary/aromatic N) is 3. The van der Waals surface area contributed by atoms with Crippen molar-refractivity contribution in [1.82, 2.24) is 15.0 Å². The largest absolute Gasteiger partial charge is 0.480 e. The fraction of sp³-hybridized carbons (Fsp3) is 0.500. The summed E-state index contributed by atoms with van der Waals surface area (Å²) in [7, 11) is 0. The number of hydrogen-bond donors (Lipinski definition) is 1. The third kappa shape index (κ3) is 2.82. The first-order valence-electron chi connectivity index (χ1n) is 8.59. The zero-order valence-corrected chi connectivity index (χ0v) is 13.5. The number of carbonyl (C=O) groups is 1. The summed E-state index contributed by atoms with van der Waals surface area (Å²) in [6.45, 7) is 0.415. The molecule has 1 aromatic carbocycles. The molecule has 6 heteroatoms. The lowest BCUT2D eigenvalue weighted by atomic mass is 9.85. The van der Waals surface area contributed by atoms with Crippen LogP contribution in [0.3, 0.4) is 0 Å². The zero-order valence-electron chi connectivity index (χ0n) is 13.5. The maximum atomic E-state index is 11.7. The lowest BCUT2D eigenvalue weighted by Crippen LogP contribution is -2.41. The molecule has 2 fully saturated rings. The van der Waals surface area contributed by atoms with E-state index in [0.29, 0.717) is 30.2 Å². The Bertz CT molecular complexity index is 715. The molecule has 0 spiro atoms. The summed E-state index contributed by atoms with van der Waals surface area (Å²) in [6, 6.07) is 9.55. The third-order valence-electron chi connectivity index (χ3n) is 5.32. The van der Waals surface area contributed by atoms with E-state index in [-0.39, 0.29) is 0 Å². The monoisotopic (exact) mass is 327 g/mol. The molecule has 1 saturated heterocycles. The van der Waals surface area contributed by atoms with Gasteiger partial charge >= 0.3 is 5.97 Å². The first-order chi connectivity index (χ1) is 11.7. The Morgan fingerprint density at radius 3 is 2.83 bits per heavy atom. The van der Waals surface area contributed by atoms with Gasteiger partial charge in [0.15, 0.2) is 0 Å². The van der Waals surface area contributed by atoms with Crippen molar-refractivity contribution in [3.05, 3.63) is 36.2 Å². The lowest BCUT2D eigenvalue weighted by molar-refractivity contribution is -0.143. The zero-order chi connectivity index (χ0) is 16.5. The van der Waals surface area contributed by atoms with Gasteiger partial charge in [-0.25, -0.2) is 0 Å². The maximum absolute atomic E-state index is 11.7. The van der Waals surface area contributed by atoms with Gasteiger partial charge in [-0.3, -0.25) is 9.69 Å². The van der Waals surface area contributed by atoms with Crippen LogP contribution in [0.25, 0.3) is 11.4 Å². The summed E-state index contributed by atoms with van der Waals surface area (Å²) in [5.74, 6) is 0.784. The van der Waals surface area contributed by atoms with Crippen molar-refractivity contribution >= 4 is 5.97 Å². The number of fused-ring (bicyclic) bond motifs is 1. The SMILES string of the molecule is O=C(O)[C@@H]1C[C@@H]2CCCC[C@H]2N1Cc1nc(-c2ccccc2)no1. The predicted octanol–water partition coefficient (Wildman–Crippen LogP) is 2.95. The summed E-state index contributed by atoms with van der Waals surface area (Å²) in [5.41, 5.74) is 0.902. The van der Waals surface area contributed by atoms with Crippen molar-refractivity contribution in [1.29, 1.82) is 0 Å². The highest BCUT2D eigenvalue weighted by Gasteiger charge is 2.45. The Morgan fingerprint density at radius 1 is 1.25 bits per heavy atom. The third-order valence-corrected chi connectivity index (χ3v) is 5.32. The van der Waals surface area contributed by atoms with Gasteiger partial charge in [-0.1, -0.05) is 48.3 Å². The second kappa shape index (κ2) is 6.36. The number of hydrogen-bond acceptors (Lipinski definition) is 5. The quantitative estimate of drug-likeness (QED) is 0.930. The molecular formula is C18H21N3O3. The van der Waals surface area contributed by atoms with Crippen molar-refractivity contribution in [2.24, 2.45) is 5.92 Å². The van der Waals surface area contributed by atoms with Crippen molar-refractivity contribution in [2.75, 3.05) is 0 Å². The topological polar surface area (TPSA) is 79.5 Å². The highest BCUT2D eigenvalue weighted by molar-refractivity contribution is 5.74. The van der Waals surface area contributed by atoms with Crippen molar-refractivity contribution in [2.45, 2.75) is 50.7 Å². The number of rotatable bonds is 4. The van der Waals surface area contributed by atoms with E-state index in [4.69, 9.17) is 4.52 Å². The number of carboxylic acid groups (broad SMARTS) is 1.